The van der Waals surface area contributed by atoms with Crippen molar-refractivity contribution in [1.82, 2.24) is 9.55 Å². The maximum Gasteiger partial charge on any atom is 0.263 e. The molecule has 8 heteroatoms. The lowest BCUT2D eigenvalue weighted by Crippen LogP contribution is -2.23. The summed E-state index contributed by atoms with van der Waals surface area (Å²) < 4.78 is 1.60. The second kappa shape index (κ2) is 9.50. The number of hydrogen-bond acceptors (Lipinski definition) is 6. The molecular formula is C24H28N4O2S2. The molecule has 3 aromatic rings. The molecular weight excluding hydrogens is 440 g/mol. The van der Waals surface area contributed by atoms with Crippen LogP contribution >= 0.6 is 23.1 Å². The van der Waals surface area contributed by atoms with Gasteiger partial charge in [0.25, 0.3) is 5.56 Å². The standard InChI is InChI=1S/C24H28N4O2S2/c1-5-10-28-23(30)21-16(3)17(4)32-22(21)26-24(28)31-14-20(29)25-19-9-8-18(13-15(19)2)27-11-6-7-12-27/h5,8-9,13H,1,6-7,10-12,14H2,2-4H3,(H,25,29). The number of rotatable bonds is 7. The van der Waals surface area contributed by atoms with E-state index in [-0.39, 0.29) is 17.2 Å². The third kappa shape index (κ3) is 4.47. The first-order chi connectivity index (χ1) is 15.4. The van der Waals surface area contributed by atoms with Gasteiger partial charge in [0.15, 0.2) is 5.16 Å². The Morgan fingerprint density at radius 2 is 2.03 bits per heavy atom. The zero-order chi connectivity index (χ0) is 22.8. The summed E-state index contributed by atoms with van der Waals surface area (Å²) in [6.45, 7) is 12.3. The van der Waals surface area contributed by atoms with Crippen molar-refractivity contribution in [2.45, 2.75) is 45.3 Å². The van der Waals surface area contributed by atoms with E-state index in [1.807, 2.05) is 26.8 Å². The Morgan fingerprint density at radius 1 is 1.28 bits per heavy atom. The Kier molecular flexibility index (Phi) is 6.71. The summed E-state index contributed by atoms with van der Waals surface area (Å²) >= 11 is 2.79. The van der Waals surface area contributed by atoms with Crippen LogP contribution in [0.15, 0.2) is 40.8 Å². The van der Waals surface area contributed by atoms with Gasteiger partial charge in [0.1, 0.15) is 4.83 Å². The van der Waals surface area contributed by atoms with Gasteiger partial charge in [-0.3, -0.25) is 14.2 Å². The molecule has 1 aliphatic rings. The molecule has 0 bridgehead atoms. The predicted octanol–water partition coefficient (Wildman–Crippen LogP) is 4.90. The molecule has 4 rings (SSSR count). The molecule has 1 N–H and O–H groups in total. The molecule has 1 fully saturated rings. The molecule has 1 aromatic carbocycles. The summed E-state index contributed by atoms with van der Waals surface area (Å²) in [5.41, 5.74) is 3.96. The number of aromatic nitrogens is 2. The van der Waals surface area contributed by atoms with Crippen LogP contribution in [-0.4, -0.2) is 34.3 Å². The fourth-order valence-electron chi connectivity index (χ4n) is 3.99. The lowest BCUT2D eigenvalue weighted by atomic mass is 10.1. The topological polar surface area (TPSA) is 67.2 Å². The minimum Gasteiger partial charge on any atom is -0.372 e. The molecule has 2 aromatic heterocycles. The maximum absolute atomic E-state index is 13.1. The van der Waals surface area contributed by atoms with Crippen molar-refractivity contribution in [3.63, 3.8) is 0 Å². The molecule has 32 heavy (non-hydrogen) atoms. The lowest BCUT2D eigenvalue weighted by Gasteiger charge is -2.19. The first-order valence-electron chi connectivity index (χ1n) is 10.8. The van der Waals surface area contributed by atoms with Gasteiger partial charge in [0.2, 0.25) is 5.91 Å². The van der Waals surface area contributed by atoms with Crippen LogP contribution in [0.2, 0.25) is 0 Å². The third-order valence-corrected chi connectivity index (χ3v) is 7.93. The van der Waals surface area contributed by atoms with Crippen LogP contribution in [0, 0.1) is 20.8 Å². The predicted molar refractivity (Wildman–Crippen MR) is 136 cm³/mol. The van der Waals surface area contributed by atoms with Crippen molar-refractivity contribution in [1.29, 1.82) is 0 Å². The Labute approximate surface area is 196 Å². The quantitative estimate of drug-likeness (QED) is 0.303. The number of amides is 1. The summed E-state index contributed by atoms with van der Waals surface area (Å²) in [6, 6.07) is 6.17. The van der Waals surface area contributed by atoms with E-state index in [2.05, 4.69) is 28.9 Å². The maximum atomic E-state index is 13.1. The van der Waals surface area contributed by atoms with Crippen LogP contribution in [-0.2, 0) is 11.3 Å². The van der Waals surface area contributed by atoms with Gasteiger partial charge in [0.05, 0.1) is 11.1 Å². The van der Waals surface area contributed by atoms with E-state index in [4.69, 9.17) is 4.98 Å². The highest BCUT2D eigenvalue weighted by atomic mass is 32.2. The number of thiophene rings is 1. The van der Waals surface area contributed by atoms with Gasteiger partial charge in [-0.2, -0.15) is 0 Å². The monoisotopic (exact) mass is 468 g/mol. The van der Waals surface area contributed by atoms with Crippen molar-refractivity contribution in [3.8, 4) is 0 Å². The summed E-state index contributed by atoms with van der Waals surface area (Å²) in [7, 11) is 0. The van der Waals surface area contributed by atoms with Gasteiger partial charge in [-0.05, 0) is 62.9 Å². The molecule has 6 nitrogen and oxygen atoms in total. The number of hydrogen-bond donors (Lipinski definition) is 1. The number of carbonyl (C=O) groups excluding carboxylic acids is 1. The number of allylic oxidation sites excluding steroid dienone is 1. The third-order valence-electron chi connectivity index (χ3n) is 5.85. The first kappa shape index (κ1) is 22.6. The SMILES string of the molecule is C=CCn1c(SCC(=O)Nc2ccc(N3CCCC3)cc2C)nc2sc(C)c(C)c2c1=O. The van der Waals surface area contributed by atoms with Gasteiger partial charge < -0.3 is 10.2 Å². The second-order valence-corrected chi connectivity index (χ2v) is 10.2. The van der Waals surface area contributed by atoms with E-state index in [1.54, 1.807) is 10.6 Å². The number of thioether (sulfide) groups is 1. The molecule has 168 valence electrons. The zero-order valence-electron chi connectivity index (χ0n) is 18.7. The molecule has 0 radical (unpaired) electrons. The van der Waals surface area contributed by atoms with E-state index >= 15 is 0 Å². The highest BCUT2D eigenvalue weighted by molar-refractivity contribution is 7.99. The largest absolute Gasteiger partial charge is 0.372 e. The van der Waals surface area contributed by atoms with Crippen LogP contribution in [0.25, 0.3) is 10.2 Å². The number of carbonyl (C=O) groups is 1. The van der Waals surface area contributed by atoms with Gasteiger partial charge in [-0.15, -0.1) is 17.9 Å². The van der Waals surface area contributed by atoms with Crippen molar-refractivity contribution in [2.24, 2.45) is 0 Å². The van der Waals surface area contributed by atoms with E-state index in [0.29, 0.717) is 17.1 Å². The number of fused-ring (bicyclic) bond motifs is 1. The molecule has 0 aliphatic carbocycles. The first-order valence-corrected chi connectivity index (χ1v) is 12.6. The number of benzene rings is 1. The van der Waals surface area contributed by atoms with Crippen LogP contribution in [0.1, 0.15) is 28.8 Å². The fourth-order valence-corrected chi connectivity index (χ4v) is 5.86. The second-order valence-electron chi connectivity index (χ2n) is 8.09. The van der Waals surface area contributed by atoms with Gasteiger partial charge in [-0.1, -0.05) is 17.8 Å². The summed E-state index contributed by atoms with van der Waals surface area (Å²) in [4.78, 5) is 34.6. The Balaban J connectivity index is 1.49. The van der Waals surface area contributed by atoms with Gasteiger partial charge in [-0.25, -0.2) is 4.98 Å². The van der Waals surface area contributed by atoms with E-state index in [1.165, 1.54) is 41.6 Å². The normalized spacial score (nSPS) is 13.7. The van der Waals surface area contributed by atoms with Gasteiger partial charge >= 0.3 is 0 Å². The number of aryl methyl sites for hydroxylation is 3. The van der Waals surface area contributed by atoms with Crippen LogP contribution in [0.3, 0.4) is 0 Å². The molecule has 1 saturated heterocycles. The Morgan fingerprint density at radius 3 is 2.72 bits per heavy atom. The van der Waals surface area contributed by atoms with Crippen molar-refractivity contribution in [2.75, 3.05) is 29.1 Å². The highest BCUT2D eigenvalue weighted by Crippen LogP contribution is 2.29. The molecule has 3 heterocycles. The smallest absolute Gasteiger partial charge is 0.263 e. The molecule has 0 unspecified atom stereocenters. The molecule has 0 spiro atoms. The number of nitrogens with one attached hydrogen (secondary N) is 1. The average Bonchev–Trinajstić information content (AvgIpc) is 3.39. The van der Waals surface area contributed by atoms with Crippen LogP contribution < -0.4 is 15.8 Å². The van der Waals surface area contributed by atoms with Crippen LogP contribution in [0.5, 0.6) is 0 Å². The molecule has 0 saturated carbocycles. The molecule has 1 aliphatic heterocycles. The fraction of sp³-hybridized carbons (Fsp3) is 0.375. The Bertz CT molecular complexity index is 1240. The van der Waals surface area contributed by atoms with Crippen molar-refractivity contribution < 1.29 is 4.79 Å². The number of nitrogens with zero attached hydrogens (tertiary/aromatic N) is 3. The average molecular weight is 469 g/mol. The van der Waals surface area contributed by atoms with Crippen molar-refractivity contribution in [3.05, 3.63) is 57.2 Å². The van der Waals surface area contributed by atoms with E-state index in [9.17, 15) is 9.59 Å². The minimum atomic E-state index is -0.120. The zero-order valence-corrected chi connectivity index (χ0v) is 20.4. The minimum absolute atomic E-state index is 0.0759. The summed E-state index contributed by atoms with van der Waals surface area (Å²) in [5, 5.41) is 4.21. The highest BCUT2D eigenvalue weighted by Gasteiger charge is 2.18. The van der Waals surface area contributed by atoms with Crippen molar-refractivity contribution >= 4 is 50.6 Å². The van der Waals surface area contributed by atoms with E-state index < -0.39 is 0 Å². The van der Waals surface area contributed by atoms with Gasteiger partial charge in [0, 0.05) is 35.9 Å². The summed E-state index contributed by atoms with van der Waals surface area (Å²) in [5.74, 6) is 0.0521. The summed E-state index contributed by atoms with van der Waals surface area (Å²) in [6.07, 6.45) is 4.14. The Hall–Kier alpha value is -2.58. The van der Waals surface area contributed by atoms with E-state index in [0.717, 1.165) is 39.6 Å². The molecule has 0 atom stereocenters. The van der Waals surface area contributed by atoms with Crippen LogP contribution in [0.4, 0.5) is 11.4 Å². The number of anilines is 2. The molecule has 1 amide bonds. The lowest BCUT2D eigenvalue weighted by molar-refractivity contribution is -0.113.